The number of anilines is 1. The lowest BCUT2D eigenvalue weighted by molar-refractivity contribution is -0.121. The maximum atomic E-state index is 12.2. The summed E-state index contributed by atoms with van der Waals surface area (Å²) in [6, 6.07) is 14.6. The lowest BCUT2D eigenvalue weighted by Crippen LogP contribution is -2.33. The molecule has 0 fully saturated rings. The monoisotopic (exact) mass is 442 g/mol. The Kier molecular flexibility index (Phi) is 8.16. The van der Waals surface area contributed by atoms with E-state index in [1.54, 1.807) is 12.1 Å². The van der Waals surface area contributed by atoms with Crippen LogP contribution in [-0.4, -0.2) is 33.7 Å². The molecule has 0 aromatic heterocycles. The standard InChI is InChI=1S/C20H24Cl2N2O3S/c1-15(16-7-4-3-5-8-16)14-23-20(25)9-6-12-24(28(2,26)27)19-13-17(21)10-11-18(19)22/h3-5,7-8,10-11,13,15H,6,9,12,14H2,1-2H3,(H,23,25). The number of hydrogen-bond donors (Lipinski definition) is 1. The highest BCUT2D eigenvalue weighted by molar-refractivity contribution is 7.92. The number of carbonyl (C=O) groups excluding carboxylic acids is 1. The van der Waals surface area contributed by atoms with Crippen LogP contribution in [0, 0.1) is 0 Å². The molecule has 2 rings (SSSR count). The summed E-state index contributed by atoms with van der Waals surface area (Å²) in [5.74, 6) is 0.0800. The molecule has 0 aliphatic heterocycles. The molecule has 1 unspecified atom stereocenters. The molecule has 0 saturated heterocycles. The second-order valence-corrected chi connectivity index (χ2v) is 9.40. The van der Waals surface area contributed by atoms with Gasteiger partial charge >= 0.3 is 0 Å². The summed E-state index contributed by atoms with van der Waals surface area (Å²) >= 11 is 12.1. The van der Waals surface area contributed by atoms with Gasteiger partial charge in [0.15, 0.2) is 0 Å². The first-order valence-corrected chi connectivity index (χ1v) is 11.5. The van der Waals surface area contributed by atoms with Crippen molar-refractivity contribution in [1.82, 2.24) is 5.32 Å². The van der Waals surface area contributed by atoms with Crippen molar-refractivity contribution >= 4 is 44.8 Å². The summed E-state index contributed by atoms with van der Waals surface area (Å²) in [6.07, 6.45) is 1.68. The van der Waals surface area contributed by atoms with E-state index < -0.39 is 10.0 Å². The lowest BCUT2D eigenvalue weighted by Gasteiger charge is -2.23. The predicted molar refractivity (Wildman–Crippen MR) is 116 cm³/mol. The van der Waals surface area contributed by atoms with Gasteiger partial charge in [-0.3, -0.25) is 9.10 Å². The van der Waals surface area contributed by atoms with Crippen LogP contribution in [0.1, 0.15) is 31.2 Å². The van der Waals surface area contributed by atoms with Crippen LogP contribution in [0.5, 0.6) is 0 Å². The van der Waals surface area contributed by atoms with Crippen LogP contribution in [-0.2, 0) is 14.8 Å². The van der Waals surface area contributed by atoms with E-state index in [0.717, 1.165) is 11.8 Å². The van der Waals surface area contributed by atoms with Crippen molar-refractivity contribution in [2.24, 2.45) is 0 Å². The number of rotatable bonds is 9. The summed E-state index contributed by atoms with van der Waals surface area (Å²) in [5, 5.41) is 3.58. The molecule has 0 radical (unpaired) electrons. The third-order valence-electron chi connectivity index (χ3n) is 4.32. The maximum Gasteiger partial charge on any atom is 0.232 e. The largest absolute Gasteiger partial charge is 0.356 e. The first-order valence-electron chi connectivity index (χ1n) is 8.93. The summed E-state index contributed by atoms with van der Waals surface area (Å²) in [6.45, 7) is 2.71. The Bertz CT molecular complexity index is 905. The Morgan fingerprint density at radius 1 is 1.14 bits per heavy atom. The lowest BCUT2D eigenvalue weighted by atomic mass is 10.0. The smallest absolute Gasteiger partial charge is 0.232 e. The van der Waals surface area contributed by atoms with Gasteiger partial charge in [0.25, 0.3) is 0 Å². The van der Waals surface area contributed by atoms with Crippen LogP contribution in [0.4, 0.5) is 5.69 Å². The number of hydrogen-bond acceptors (Lipinski definition) is 3. The Labute approximate surface area is 176 Å². The van der Waals surface area contributed by atoms with Gasteiger partial charge in [0.05, 0.1) is 17.0 Å². The SMILES string of the molecule is CC(CNC(=O)CCCN(c1cc(Cl)ccc1Cl)S(C)(=O)=O)c1ccccc1. The van der Waals surface area contributed by atoms with Gasteiger partial charge in [-0.05, 0) is 36.1 Å². The molecule has 2 aromatic rings. The molecule has 1 amide bonds. The number of nitrogens with zero attached hydrogens (tertiary/aromatic N) is 1. The summed E-state index contributed by atoms with van der Waals surface area (Å²) in [5.41, 5.74) is 1.47. The van der Waals surface area contributed by atoms with Gasteiger partial charge in [0, 0.05) is 24.5 Å². The van der Waals surface area contributed by atoms with Crippen LogP contribution < -0.4 is 9.62 Å². The number of halogens is 2. The molecule has 0 spiro atoms. The Morgan fingerprint density at radius 3 is 2.46 bits per heavy atom. The van der Waals surface area contributed by atoms with Crippen LogP contribution >= 0.6 is 23.2 Å². The third-order valence-corrected chi connectivity index (χ3v) is 6.05. The first kappa shape index (κ1) is 22.5. The second-order valence-electron chi connectivity index (χ2n) is 6.65. The van der Waals surface area contributed by atoms with Crippen molar-refractivity contribution in [2.75, 3.05) is 23.7 Å². The van der Waals surface area contributed by atoms with Gasteiger partial charge < -0.3 is 5.32 Å². The van der Waals surface area contributed by atoms with Crippen molar-refractivity contribution in [3.05, 3.63) is 64.1 Å². The molecule has 0 aliphatic rings. The van der Waals surface area contributed by atoms with Gasteiger partial charge in [0.2, 0.25) is 15.9 Å². The van der Waals surface area contributed by atoms with E-state index in [1.807, 2.05) is 37.3 Å². The molecule has 2 aromatic carbocycles. The first-order chi connectivity index (χ1) is 13.2. The van der Waals surface area contributed by atoms with Crippen molar-refractivity contribution in [3.63, 3.8) is 0 Å². The van der Waals surface area contributed by atoms with Crippen molar-refractivity contribution in [3.8, 4) is 0 Å². The van der Waals surface area contributed by atoms with Crippen molar-refractivity contribution in [1.29, 1.82) is 0 Å². The van der Waals surface area contributed by atoms with Gasteiger partial charge in [-0.15, -0.1) is 0 Å². The summed E-state index contributed by atoms with van der Waals surface area (Å²) < 4.78 is 25.5. The van der Waals surface area contributed by atoms with E-state index in [2.05, 4.69) is 5.32 Å². The van der Waals surface area contributed by atoms with Crippen molar-refractivity contribution in [2.45, 2.75) is 25.7 Å². The summed E-state index contributed by atoms with van der Waals surface area (Å²) in [7, 11) is -3.56. The zero-order valence-corrected chi connectivity index (χ0v) is 18.2. The minimum atomic E-state index is -3.56. The average Bonchev–Trinajstić information content (AvgIpc) is 2.65. The number of carbonyl (C=O) groups is 1. The highest BCUT2D eigenvalue weighted by Gasteiger charge is 2.20. The maximum absolute atomic E-state index is 12.2. The quantitative estimate of drug-likeness (QED) is 0.623. The molecule has 0 heterocycles. The molecule has 152 valence electrons. The molecule has 0 aliphatic carbocycles. The number of benzene rings is 2. The van der Waals surface area contributed by atoms with E-state index in [9.17, 15) is 13.2 Å². The molecule has 5 nitrogen and oxygen atoms in total. The molecular weight excluding hydrogens is 419 g/mol. The highest BCUT2D eigenvalue weighted by Crippen LogP contribution is 2.30. The summed E-state index contributed by atoms with van der Waals surface area (Å²) in [4.78, 5) is 12.1. The van der Waals surface area contributed by atoms with E-state index in [4.69, 9.17) is 23.2 Å². The van der Waals surface area contributed by atoms with Crippen LogP contribution in [0.15, 0.2) is 48.5 Å². The second kappa shape index (κ2) is 10.1. The highest BCUT2D eigenvalue weighted by atomic mass is 35.5. The minimum Gasteiger partial charge on any atom is -0.356 e. The fourth-order valence-electron chi connectivity index (χ4n) is 2.78. The fourth-order valence-corrected chi connectivity index (χ4v) is 4.18. The molecule has 0 saturated carbocycles. The van der Waals surface area contributed by atoms with Crippen molar-refractivity contribution < 1.29 is 13.2 Å². The zero-order chi connectivity index (χ0) is 20.7. The Balaban J connectivity index is 1.90. The molecule has 0 bridgehead atoms. The molecule has 8 heteroatoms. The van der Waals surface area contributed by atoms with E-state index >= 15 is 0 Å². The zero-order valence-electron chi connectivity index (χ0n) is 15.9. The van der Waals surface area contributed by atoms with Gasteiger partial charge in [-0.25, -0.2) is 8.42 Å². The van der Waals surface area contributed by atoms with E-state index in [-0.39, 0.29) is 29.8 Å². The van der Waals surface area contributed by atoms with Gasteiger partial charge in [0.1, 0.15) is 0 Å². The topological polar surface area (TPSA) is 66.5 Å². The fraction of sp³-hybridized carbons (Fsp3) is 0.350. The van der Waals surface area contributed by atoms with Gasteiger partial charge in [-0.2, -0.15) is 0 Å². The molecule has 1 N–H and O–H groups in total. The van der Waals surface area contributed by atoms with Crippen LogP contribution in [0.25, 0.3) is 0 Å². The number of sulfonamides is 1. The normalized spacial score (nSPS) is 12.4. The Hall–Kier alpha value is -1.76. The Morgan fingerprint density at radius 2 is 1.82 bits per heavy atom. The number of amides is 1. The van der Waals surface area contributed by atoms with Gasteiger partial charge in [-0.1, -0.05) is 60.5 Å². The molecule has 28 heavy (non-hydrogen) atoms. The average molecular weight is 443 g/mol. The number of nitrogens with one attached hydrogen (secondary N) is 1. The van der Waals surface area contributed by atoms with E-state index in [1.165, 1.54) is 10.4 Å². The van der Waals surface area contributed by atoms with E-state index in [0.29, 0.717) is 23.7 Å². The molecular formula is C20H24Cl2N2O3S. The van der Waals surface area contributed by atoms with Crippen LogP contribution in [0.2, 0.25) is 10.0 Å². The van der Waals surface area contributed by atoms with Crippen LogP contribution in [0.3, 0.4) is 0 Å². The third kappa shape index (κ3) is 6.69. The predicted octanol–water partition coefficient (Wildman–Crippen LogP) is 4.46. The minimum absolute atomic E-state index is 0.117. The molecule has 1 atom stereocenters.